The van der Waals surface area contributed by atoms with Crippen LogP contribution in [-0.4, -0.2) is 17.0 Å². The maximum absolute atomic E-state index is 11.8. The third-order valence-corrected chi connectivity index (χ3v) is 3.96. The fourth-order valence-electron chi connectivity index (χ4n) is 1.85. The van der Waals surface area contributed by atoms with Crippen LogP contribution in [0.15, 0.2) is 17.5 Å². The number of aliphatic hydroxyl groups excluding tert-OH is 1. The second-order valence-electron chi connectivity index (χ2n) is 4.07. The van der Waals surface area contributed by atoms with Crippen LogP contribution >= 0.6 is 11.3 Å². The predicted molar refractivity (Wildman–Crippen MR) is 67.7 cm³/mol. The topological polar surface area (TPSA) is 37.3 Å². The van der Waals surface area contributed by atoms with Crippen molar-refractivity contribution >= 4 is 17.1 Å². The Morgan fingerprint density at radius 2 is 2.12 bits per heavy atom. The molecule has 0 spiro atoms. The first-order valence-corrected chi connectivity index (χ1v) is 6.80. The molecule has 1 atom stereocenters. The second kappa shape index (κ2) is 6.81. The van der Waals surface area contributed by atoms with E-state index in [1.807, 2.05) is 31.4 Å². The molecule has 1 unspecified atom stereocenters. The molecule has 0 aromatic carbocycles. The van der Waals surface area contributed by atoms with Gasteiger partial charge >= 0.3 is 0 Å². The number of hydrogen-bond acceptors (Lipinski definition) is 3. The fourth-order valence-corrected chi connectivity index (χ4v) is 2.56. The number of aryl methyl sites for hydroxylation is 1. The minimum absolute atomic E-state index is 0.0119. The van der Waals surface area contributed by atoms with Crippen molar-refractivity contribution < 1.29 is 9.90 Å². The molecule has 0 radical (unpaired) electrons. The summed E-state index contributed by atoms with van der Waals surface area (Å²) in [5.74, 6) is 0.109. The number of aliphatic hydroxyl groups is 1. The van der Waals surface area contributed by atoms with Crippen molar-refractivity contribution in [3.05, 3.63) is 22.4 Å². The molecule has 0 fully saturated rings. The smallest absolute Gasteiger partial charge is 0.161 e. The van der Waals surface area contributed by atoms with E-state index in [4.69, 9.17) is 0 Å². The van der Waals surface area contributed by atoms with Crippen molar-refractivity contribution in [3.8, 4) is 0 Å². The number of ketones is 1. The van der Waals surface area contributed by atoms with Gasteiger partial charge in [-0.2, -0.15) is 0 Å². The highest BCUT2D eigenvalue weighted by molar-refractivity contribution is 7.09. The highest BCUT2D eigenvalue weighted by Crippen LogP contribution is 2.17. The first-order chi connectivity index (χ1) is 7.69. The molecule has 1 N–H and O–H groups in total. The molecule has 1 rings (SSSR count). The van der Waals surface area contributed by atoms with Gasteiger partial charge in [0.25, 0.3) is 0 Å². The minimum atomic E-state index is -0.769. The number of rotatable bonds is 7. The molecular weight excluding hydrogens is 220 g/mol. The summed E-state index contributed by atoms with van der Waals surface area (Å²) in [7, 11) is 0. The van der Waals surface area contributed by atoms with Gasteiger partial charge in [-0.1, -0.05) is 32.8 Å². The van der Waals surface area contributed by atoms with Gasteiger partial charge in [0.15, 0.2) is 5.78 Å². The van der Waals surface area contributed by atoms with Crippen molar-refractivity contribution in [2.75, 3.05) is 0 Å². The molecule has 0 saturated heterocycles. The molecule has 0 saturated carbocycles. The van der Waals surface area contributed by atoms with Crippen LogP contribution in [0.1, 0.15) is 38.0 Å². The number of hydrogen-bond donors (Lipinski definition) is 1. The zero-order valence-electron chi connectivity index (χ0n) is 9.98. The third-order valence-electron chi connectivity index (χ3n) is 3.02. The minimum Gasteiger partial charge on any atom is -0.385 e. The van der Waals surface area contributed by atoms with Gasteiger partial charge in [-0.25, -0.2) is 0 Å². The molecule has 3 heteroatoms. The Morgan fingerprint density at radius 1 is 1.44 bits per heavy atom. The third kappa shape index (κ3) is 3.72. The van der Waals surface area contributed by atoms with Crippen LogP contribution in [0.2, 0.25) is 0 Å². The molecule has 0 aliphatic carbocycles. The lowest BCUT2D eigenvalue weighted by Crippen LogP contribution is -2.29. The number of Topliss-reactive ketones (excluding diaryl/α,β-unsaturated/α-hetero) is 1. The SMILES string of the molecule is CCC(CC)C(O)C(=O)CCc1cccs1. The van der Waals surface area contributed by atoms with Crippen molar-refractivity contribution in [1.29, 1.82) is 0 Å². The molecule has 1 aromatic heterocycles. The summed E-state index contributed by atoms with van der Waals surface area (Å²) in [5.41, 5.74) is 0. The van der Waals surface area contributed by atoms with E-state index in [0.717, 1.165) is 19.3 Å². The van der Waals surface area contributed by atoms with Gasteiger partial charge in [-0.05, 0) is 23.8 Å². The van der Waals surface area contributed by atoms with Gasteiger partial charge in [0, 0.05) is 11.3 Å². The molecule has 2 nitrogen and oxygen atoms in total. The van der Waals surface area contributed by atoms with Gasteiger partial charge in [-0.3, -0.25) is 4.79 Å². The number of carbonyl (C=O) groups excluding carboxylic acids is 1. The van der Waals surface area contributed by atoms with E-state index in [2.05, 4.69) is 0 Å². The Bertz CT molecular complexity index is 302. The van der Waals surface area contributed by atoms with E-state index < -0.39 is 6.10 Å². The van der Waals surface area contributed by atoms with Crippen LogP contribution in [0.5, 0.6) is 0 Å². The van der Waals surface area contributed by atoms with Gasteiger partial charge in [-0.15, -0.1) is 11.3 Å². The lowest BCUT2D eigenvalue weighted by molar-refractivity contribution is -0.129. The number of thiophene rings is 1. The molecule has 90 valence electrons. The average molecular weight is 240 g/mol. The molecule has 0 aliphatic heterocycles. The Balaban J connectivity index is 2.39. The molecule has 0 amide bonds. The molecule has 0 bridgehead atoms. The Hall–Kier alpha value is -0.670. The van der Waals surface area contributed by atoms with Crippen LogP contribution in [0.25, 0.3) is 0 Å². The normalized spacial score (nSPS) is 13.0. The predicted octanol–water partition coefficient (Wildman–Crippen LogP) is 3.05. The van der Waals surface area contributed by atoms with Crippen molar-refractivity contribution in [3.63, 3.8) is 0 Å². The van der Waals surface area contributed by atoms with Gasteiger partial charge < -0.3 is 5.11 Å². The van der Waals surface area contributed by atoms with E-state index in [1.165, 1.54) is 4.88 Å². The quantitative estimate of drug-likeness (QED) is 0.795. The maximum atomic E-state index is 11.8. The van der Waals surface area contributed by atoms with Crippen LogP contribution in [0, 0.1) is 5.92 Å². The van der Waals surface area contributed by atoms with Crippen molar-refractivity contribution in [1.82, 2.24) is 0 Å². The molecule has 16 heavy (non-hydrogen) atoms. The molecule has 0 aliphatic rings. The van der Waals surface area contributed by atoms with E-state index in [0.29, 0.717) is 6.42 Å². The highest BCUT2D eigenvalue weighted by atomic mass is 32.1. The van der Waals surface area contributed by atoms with Crippen LogP contribution in [0.4, 0.5) is 0 Å². The summed E-state index contributed by atoms with van der Waals surface area (Å²) in [4.78, 5) is 13.0. The van der Waals surface area contributed by atoms with Crippen molar-refractivity contribution in [2.24, 2.45) is 5.92 Å². The number of carbonyl (C=O) groups is 1. The lowest BCUT2D eigenvalue weighted by Gasteiger charge is -2.18. The zero-order chi connectivity index (χ0) is 12.0. The van der Waals surface area contributed by atoms with Crippen LogP contribution < -0.4 is 0 Å². The Labute approximate surface area is 101 Å². The first kappa shape index (κ1) is 13.4. The average Bonchev–Trinajstić information content (AvgIpc) is 2.80. The summed E-state index contributed by atoms with van der Waals surface area (Å²) in [5, 5.41) is 11.9. The van der Waals surface area contributed by atoms with E-state index in [9.17, 15) is 9.90 Å². The highest BCUT2D eigenvalue weighted by Gasteiger charge is 2.22. The largest absolute Gasteiger partial charge is 0.385 e. The monoisotopic (exact) mass is 240 g/mol. The molecule has 1 aromatic rings. The van der Waals surface area contributed by atoms with Crippen LogP contribution in [-0.2, 0) is 11.2 Å². The van der Waals surface area contributed by atoms with E-state index >= 15 is 0 Å². The molecular formula is C13H20O2S. The van der Waals surface area contributed by atoms with E-state index in [1.54, 1.807) is 11.3 Å². The summed E-state index contributed by atoms with van der Waals surface area (Å²) in [6, 6.07) is 4.02. The lowest BCUT2D eigenvalue weighted by atomic mass is 9.92. The van der Waals surface area contributed by atoms with E-state index in [-0.39, 0.29) is 11.7 Å². The van der Waals surface area contributed by atoms with Crippen molar-refractivity contribution in [2.45, 2.75) is 45.6 Å². The maximum Gasteiger partial charge on any atom is 0.161 e. The zero-order valence-corrected chi connectivity index (χ0v) is 10.8. The Morgan fingerprint density at radius 3 is 2.62 bits per heavy atom. The second-order valence-corrected chi connectivity index (χ2v) is 5.10. The summed E-state index contributed by atoms with van der Waals surface area (Å²) >= 11 is 1.66. The summed E-state index contributed by atoms with van der Waals surface area (Å²) in [6.07, 6.45) is 2.17. The van der Waals surface area contributed by atoms with Gasteiger partial charge in [0.2, 0.25) is 0 Å². The standard InChI is InChI=1S/C13H20O2S/c1-3-10(4-2)13(15)12(14)8-7-11-6-5-9-16-11/h5-6,9-10,13,15H,3-4,7-8H2,1-2H3. The fraction of sp³-hybridized carbons (Fsp3) is 0.615. The summed E-state index contributed by atoms with van der Waals surface area (Å²) in [6.45, 7) is 4.04. The summed E-state index contributed by atoms with van der Waals surface area (Å²) < 4.78 is 0. The van der Waals surface area contributed by atoms with Crippen LogP contribution in [0.3, 0.4) is 0 Å². The van der Waals surface area contributed by atoms with Gasteiger partial charge in [0.05, 0.1) is 0 Å². The molecule has 1 heterocycles. The first-order valence-electron chi connectivity index (χ1n) is 5.92. The van der Waals surface area contributed by atoms with Gasteiger partial charge in [0.1, 0.15) is 6.10 Å². The Kier molecular flexibility index (Phi) is 5.71.